The molecule has 128 valence electrons. The molecule has 1 saturated heterocycles. The van der Waals surface area contributed by atoms with Crippen LogP contribution < -0.4 is 20.1 Å². The van der Waals surface area contributed by atoms with Crippen LogP contribution in [-0.2, 0) is 0 Å². The summed E-state index contributed by atoms with van der Waals surface area (Å²) in [7, 11) is 3.14. The Balaban J connectivity index is 1.94. The van der Waals surface area contributed by atoms with Gasteiger partial charge in [-0.25, -0.2) is 9.78 Å². The fraction of sp³-hybridized carbons (Fsp3) is 0.375. The number of piperazine rings is 1. The molecule has 0 unspecified atom stereocenters. The average molecular weight is 332 g/mol. The van der Waals surface area contributed by atoms with Crippen LogP contribution in [0.2, 0.25) is 0 Å². The van der Waals surface area contributed by atoms with E-state index in [0.717, 1.165) is 11.2 Å². The second-order valence-electron chi connectivity index (χ2n) is 5.55. The summed E-state index contributed by atoms with van der Waals surface area (Å²) in [6.07, 6.45) is -0.891. The normalized spacial score (nSPS) is 14.8. The van der Waals surface area contributed by atoms with Crippen molar-refractivity contribution in [2.45, 2.75) is 0 Å². The van der Waals surface area contributed by atoms with Gasteiger partial charge >= 0.3 is 6.09 Å². The maximum absolute atomic E-state index is 11.0. The summed E-state index contributed by atoms with van der Waals surface area (Å²) in [5, 5.41) is 9.83. The van der Waals surface area contributed by atoms with Crippen LogP contribution in [0.5, 0.6) is 11.5 Å². The van der Waals surface area contributed by atoms with Gasteiger partial charge in [0.25, 0.3) is 0 Å². The van der Waals surface area contributed by atoms with Crippen LogP contribution in [0.15, 0.2) is 18.2 Å². The lowest BCUT2D eigenvalue weighted by molar-refractivity contribution is 0.142. The molecule has 0 aliphatic carbocycles. The monoisotopic (exact) mass is 332 g/mol. The van der Waals surface area contributed by atoms with E-state index in [9.17, 15) is 4.79 Å². The molecular weight excluding hydrogens is 312 g/mol. The maximum Gasteiger partial charge on any atom is 0.407 e. The number of nitrogen functional groups attached to an aromatic ring is 1. The van der Waals surface area contributed by atoms with Crippen LogP contribution in [0, 0.1) is 0 Å². The van der Waals surface area contributed by atoms with E-state index in [4.69, 9.17) is 20.3 Å². The van der Waals surface area contributed by atoms with Crippen molar-refractivity contribution >= 4 is 28.5 Å². The molecule has 1 aliphatic heterocycles. The number of ether oxygens (including phenoxy) is 2. The molecule has 24 heavy (non-hydrogen) atoms. The Hall–Kier alpha value is -2.90. The molecule has 3 N–H and O–H groups in total. The molecule has 2 heterocycles. The number of hydrogen-bond donors (Lipinski definition) is 2. The molecule has 8 nitrogen and oxygen atoms in total. The quantitative estimate of drug-likeness (QED) is 0.881. The number of fused-ring (bicyclic) bond motifs is 1. The Morgan fingerprint density at radius 3 is 2.33 bits per heavy atom. The van der Waals surface area contributed by atoms with Gasteiger partial charge in [0.1, 0.15) is 5.82 Å². The number of carboxylic acid groups (broad SMARTS) is 1. The number of methoxy groups -OCH3 is 2. The molecule has 8 heteroatoms. The van der Waals surface area contributed by atoms with E-state index in [1.165, 1.54) is 4.90 Å². The number of nitrogens with zero attached hydrogens (tertiary/aromatic N) is 3. The lowest BCUT2D eigenvalue weighted by atomic mass is 10.1. The molecule has 1 amide bonds. The Bertz CT molecular complexity index is 772. The summed E-state index contributed by atoms with van der Waals surface area (Å²) >= 11 is 0. The minimum Gasteiger partial charge on any atom is -0.493 e. The number of hydrogen-bond acceptors (Lipinski definition) is 6. The Morgan fingerprint density at radius 2 is 1.75 bits per heavy atom. The van der Waals surface area contributed by atoms with E-state index < -0.39 is 6.09 Å². The Morgan fingerprint density at radius 1 is 1.12 bits per heavy atom. The summed E-state index contributed by atoms with van der Waals surface area (Å²) in [6.45, 7) is 2.05. The molecule has 0 atom stereocenters. The fourth-order valence-electron chi connectivity index (χ4n) is 2.85. The molecule has 2 aromatic rings. The summed E-state index contributed by atoms with van der Waals surface area (Å²) in [5.41, 5.74) is 7.49. The molecule has 3 rings (SSSR count). The van der Waals surface area contributed by atoms with Crippen LogP contribution in [0.1, 0.15) is 0 Å². The number of anilines is 2. The third-order valence-electron chi connectivity index (χ3n) is 4.21. The standard InChI is InChI=1S/C16H20N4O4/c1-23-13-7-10-11(17)8-15(18-12(10)9-14(13)24-2)19-3-5-20(6-4-19)16(21)22/h7-9H,3-6H2,1-2H3,(H2,17,18)(H,21,22). The molecular formula is C16H20N4O4. The van der Waals surface area contributed by atoms with Crippen LogP contribution in [0.4, 0.5) is 16.3 Å². The number of carbonyl (C=O) groups is 1. The lowest BCUT2D eigenvalue weighted by Crippen LogP contribution is -2.48. The largest absolute Gasteiger partial charge is 0.493 e. The number of benzene rings is 1. The van der Waals surface area contributed by atoms with E-state index in [1.54, 1.807) is 20.3 Å². The molecule has 0 saturated carbocycles. The van der Waals surface area contributed by atoms with Gasteiger partial charge in [0.05, 0.1) is 19.7 Å². The maximum atomic E-state index is 11.0. The van der Waals surface area contributed by atoms with Gasteiger partial charge < -0.3 is 30.1 Å². The number of nitrogens with two attached hydrogens (primary N) is 1. The van der Waals surface area contributed by atoms with Crippen molar-refractivity contribution in [3.63, 3.8) is 0 Å². The Kier molecular flexibility index (Phi) is 4.20. The van der Waals surface area contributed by atoms with Crippen molar-refractivity contribution in [3.8, 4) is 11.5 Å². The van der Waals surface area contributed by atoms with Gasteiger partial charge in [0.15, 0.2) is 11.5 Å². The van der Waals surface area contributed by atoms with Crippen LogP contribution in [0.25, 0.3) is 10.9 Å². The summed E-state index contributed by atoms with van der Waals surface area (Å²) in [5.74, 6) is 1.92. The predicted molar refractivity (Wildman–Crippen MR) is 91.1 cm³/mol. The summed E-state index contributed by atoms with van der Waals surface area (Å²) in [4.78, 5) is 19.1. The van der Waals surface area contributed by atoms with Gasteiger partial charge in [-0.15, -0.1) is 0 Å². The fourth-order valence-corrected chi connectivity index (χ4v) is 2.85. The first-order valence-electron chi connectivity index (χ1n) is 7.58. The second kappa shape index (κ2) is 6.31. The highest BCUT2D eigenvalue weighted by atomic mass is 16.5. The number of amides is 1. The van der Waals surface area contributed by atoms with Crippen molar-refractivity contribution in [3.05, 3.63) is 18.2 Å². The third-order valence-corrected chi connectivity index (χ3v) is 4.21. The molecule has 1 aliphatic rings. The smallest absolute Gasteiger partial charge is 0.407 e. The highest BCUT2D eigenvalue weighted by Gasteiger charge is 2.22. The average Bonchev–Trinajstić information content (AvgIpc) is 2.60. The summed E-state index contributed by atoms with van der Waals surface area (Å²) in [6, 6.07) is 5.41. The zero-order valence-electron chi connectivity index (χ0n) is 13.7. The topological polar surface area (TPSA) is 101 Å². The van der Waals surface area contributed by atoms with Crippen molar-refractivity contribution in [2.75, 3.05) is 51.0 Å². The van der Waals surface area contributed by atoms with E-state index in [2.05, 4.69) is 4.98 Å². The molecule has 0 spiro atoms. The van der Waals surface area contributed by atoms with Crippen molar-refractivity contribution in [2.24, 2.45) is 0 Å². The van der Waals surface area contributed by atoms with Crippen molar-refractivity contribution < 1.29 is 19.4 Å². The minimum absolute atomic E-state index is 0.445. The lowest BCUT2D eigenvalue weighted by Gasteiger charge is -2.34. The molecule has 1 fully saturated rings. The second-order valence-corrected chi connectivity index (χ2v) is 5.55. The van der Waals surface area contributed by atoms with Gasteiger partial charge in [-0.05, 0) is 6.07 Å². The first-order valence-corrected chi connectivity index (χ1v) is 7.58. The first kappa shape index (κ1) is 16.0. The molecule has 1 aromatic carbocycles. The van der Waals surface area contributed by atoms with Gasteiger partial charge in [0, 0.05) is 49.4 Å². The van der Waals surface area contributed by atoms with Crippen LogP contribution in [-0.4, -0.2) is 61.5 Å². The molecule has 0 bridgehead atoms. The van der Waals surface area contributed by atoms with Crippen molar-refractivity contribution in [1.82, 2.24) is 9.88 Å². The van der Waals surface area contributed by atoms with Crippen LogP contribution >= 0.6 is 0 Å². The Labute approximate surface area is 139 Å². The minimum atomic E-state index is -0.891. The first-order chi connectivity index (χ1) is 11.5. The van der Waals surface area contributed by atoms with E-state index in [1.807, 2.05) is 17.0 Å². The van der Waals surface area contributed by atoms with Gasteiger partial charge in [-0.3, -0.25) is 0 Å². The van der Waals surface area contributed by atoms with E-state index in [0.29, 0.717) is 48.9 Å². The summed E-state index contributed by atoms with van der Waals surface area (Å²) < 4.78 is 10.6. The predicted octanol–water partition coefficient (Wildman–Crippen LogP) is 1.63. The van der Waals surface area contributed by atoms with Crippen molar-refractivity contribution in [1.29, 1.82) is 0 Å². The van der Waals surface area contributed by atoms with E-state index in [-0.39, 0.29) is 0 Å². The highest BCUT2D eigenvalue weighted by Crippen LogP contribution is 2.35. The van der Waals surface area contributed by atoms with Gasteiger partial charge in [-0.1, -0.05) is 0 Å². The molecule has 0 radical (unpaired) electrons. The SMILES string of the molecule is COc1cc2nc(N3CCN(C(=O)O)CC3)cc(N)c2cc1OC. The zero-order chi connectivity index (χ0) is 17.3. The number of aromatic nitrogens is 1. The number of pyridine rings is 1. The van der Waals surface area contributed by atoms with Crippen LogP contribution in [0.3, 0.4) is 0 Å². The highest BCUT2D eigenvalue weighted by molar-refractivity contribution is 5.94. The van der Waals surface area contributed by atoms with Gasteiger partial charge in [0.2, 0.25) is 0 Å². The zero-order valence-corrected chi connectivity index (χ0v) is 13.7. The van der Waals surface area contributed by atoms with E-state index >= 15 is 0 Å². The third kappa shape index (κ3) is 2.82. The molecule has 1 aromatic heterocycles. The van der Waals surface area contributed by atoms with Gasteiger partial charge in [-0.2, -0.15) is 0 Å². The number of rotatable bonds is 3.